The number of carbonyl (C=O) groups is 7. The molecular weight excluding hydrogens is 1070 g/mol. The zero-order valence-corrected chi connectivity index (χ0v) is 49.2. The van der Waals surface area contributed by atoms with Gasteiger partial charge in [-0.1, -0.05) is 84.2 Å². The first-order valence-electron chi connectivity index (χ1n) is 29.3. The molecular formula is C62H85N13O9. The van der Waals surface area contributed by atoms with Gasteiger partial charge in [-0.05, 0) is 109 Å². The Morgan fingerprint density at radius 1 is 0.750 bits per heavy atom. The largest absolute Gasteiger partial charge is 0.445 e. The fraction of sp³-hybridized carbons (Fsp3) is 0.468. The molecule has 0 bridgehead atoms. The number of alkyl carbamates (subject to hydrolysis) is 1. The predicted octanol–water partition coefficient (Wildman–Crippen LogP) is 6.75. The molecule has 1 aromatic heterocycles. The van der Waals surface area contributed by atoms with Crippen molar-refractivity contribution in [3.8, 4) is 0 Å². The molecule has 3 atom stereocenters. The van der Waals surface area contributed by atoms with Crippen molar-refractivity contribution in [1.29, 1.82) is 0 Å². The first kappa shape index (κ1) is 65.0. The normalized spacial score (nSPS) is 14.0. The van der Waals surface area contributed by atoms with Crippen LogP contribution in [-0.2, 0) is 45.2 Å². The Hall–Kier alpha value is -8.21. The molecule has 3 heterocycles. The number of urea groups is 1. The minimum atomic E-state index is -0.997. The summed E-state index contributed by atoms with van der Waals surface area (Å²) in [4.78, 5) is 104. The Kier molecular flexibility index (Phi) is 25.7. The summed E-state index contributed by atoms with van der Waals surface area (Å²) >= 11 is 0. The number of nitrogens with zero attached hydrogens (tertiary/aromatic N) is 4. The number of amidine groups is 1. The van der Waals surface area contributed by atoms with Crippen LogP contribution in [0, 0.1) is 5.92 Å². The van der Waals surface area contributed by atoms with E-state index in [0.717, 1.165) is 92.5 Å². The zero-order chi connectivity index (χ0) is 60.5. The average molecular weight is 1160 g/mol. The third-order valence-corrected chi connectivity index (χ3v) is 14.4. The van der Waals surface area contributed by atoms with E-state index in [1.165, 1.54) is 0 Å². The second-order valence-corrected chi connectivity index (χ2v) is 21.7. The number of carbonyl (C=O) groups excluding carboxylic acids is 7. The number of primary amides is 1. The Labute approximate surface area is 492 Å². The van der Waals surface area contributed by atoms with Crippen molar-refractivity contribution in [2.75, 3.05) is 49.9 Å². The van der Waals surface area contributed by atoms with E-state index in [1.807, 2.05) is 49.1 Å². The maximum atomic E-state index is 13.6. The number of hydrogen-bond donors (Lipinski definition) is 10. The number of hydrogen-bond acceptors (Lipinski definition) is 14. The van der Waals surface area contributed by atoms with Crippen LogP contribution in [0.1, 0.15) is 147 Å². The third kappa shape index (κ3) is 20.6. The van der Waals surface area contributed by atoms with Gasteiger partial charge in [0.05, 0.1) is 17.6 Å². The number of aliphatic hydroxyl groups excluding tert-OH is 1. The van der Waals surface area contributed by atoms with E-state index < -0.39 is 42.3 Å². The SMILES string of the molecule is CCCCCCC(=O)NC(C(=O)NC(CCCNC(N)=O)C(=O)Nc1ccc(COC(=O)NCCNC(=O)c2ccc(CN3CCc4ncc(NC(=O)c5ccc6c(c5)N=C(N)CC(C(O)N(CCC)CCC)=C6)cc4C3)cc2)cc1)C(C)C. The van der Waals surface area contributed by atoms with Gasteiger partial charge in [-0.3, -0.25) is 38.8 Å². The summed E-state index contributed by atoms with van der Waals surface area (Å²) in [5.74, 6) is -1.73. The molecule has 12 N–H and O–H groups in total. The lowest BCUT2D eigenvalue weighted by Crippen LogP contribution is -2.54. The number of rotatable bonds is 31. The van der Waals surface area contributed by atoms with Crippen molar-refractivity contribution < 1.29 is 43.4 Å². The highest BCUT2D eigenvalue weighted by atomic mass is 16.5. The zero-order valence-electron chi connectivity index (χ0n) is 49.2. The van der Waals surface area contributed by atoms with Crippen LogP contribution in [0.2, 0.25) is 0 Å². The number of unbranched alkanes of at least 4 members (excludes halogenated alkanes) is 3. The maximum Gasteiger partial charge on any atom is 0.407 e. The molecule has 22 heteroatoms. The molecule has 3 aromatic carbocycles. The molecule has 6 rings (SSSR count). The number of pyridine rings is 1. The van der Waals surface area contributed by atoms with E-state index in [1.54, 1.807) is 54.7 Å². The van der Waals surface area contributed by atoms with Gasteiger partial charge in [0.1, 0.15) is 30.8 Å². The molecule has 4 aromatic rings. The highest BCUT2D eigenvalue weighted by Crippen LogP contribution is 2.31. The summed E-state index contributed by atoms with van der Waals surface area (Å²) in [6, 6.07) is 18.6. The number of ether oxygens (including phenoxy) is 1. The van der Waals surface area contributed by atoms with Crippen molar-refractivity contribution in [3.63, 3.8) is 0 Å². The van der Waals surface area contributed by atoms with Crippen molar-refractivity contribution >= 4 is 70.6 Å². The van der Waals surface area contributed by atoms with Gasteiger partial charge < -0.3 is 58.5 Å². The van der Waals surface area contributed by atoms with E-state index in [0.29, 0.717) is 71.9 Å². The maximum absolute atomic E-state index is 13.6. The molecule has 22 nitrogen and oxygen atoms in total. The molecule has 0 saturated heterocycles. The van der Waals surface area contributed by atoms with Crippen molar-refractivity contribution in [2.45, 2.75) is 143 Å². The van der Waals surface area contributed by atoms with Gasteiger partial charge in [-0.25, -0.2) is 14.6 Å². The van der Waals surface area contributed by atoms with E-state index >= 15 is 0 Å². The van der Waals surface area contributed by atoms with E-state index in [4.69, 9.17) is 16.2 Å². The number of aliphatic imine (C=N–C) groups is 1. The molecule has 0 radical (unpaired) electrons. The molecule has 0 fully saturated rings. The number of aromatic nitrogens is 1. The molecule has 452 valence electrons. The smallest absolute Gasteiger partial charge is 0.407 e. The van der Waals surface area contributed by atoms with Crippen molar-refractivity contribution in [1.82, 2.24) is 41.4 Å². The molecule has 84 heavy (non-hydrogen) atoms. The molecule has 8 amide bonds. The lowest BCUT2D eigenvalue weighted by molar-refractivity contribution is -0.132. The Morgan fingerprint density at radius 2 is 1.46 bits per heavy atom. The second-order valence-electron chi connectivity index (χ2n) is 21.7. The highest BCUT2D eigenvalue weighted by molar-refractivity contribution is 6.05. The van der Waals surface area contributed by atoms with Crippen LogP contribution in [0.4, 0.5) is 26.7 Å². The number of aliphatic hydroxyl groups is 1. The highest BCUT2D eigenvalue weighted by Gasteiger charge is 2.29. The standard InChI is InChI=1S/C62H85N13O9/c1-6-9-10-11-14-54(76)73-55(40(4)5)59(80)72-51(13-12-26-66-61(64)82)58(79)69-48-23-17-42(18-24-48)39-84-62(83)67-28-27-65-56(77)43-19-15-41(16-20-43)37-74-31-25-50-47(38-74)33-49(36-68-50)70-57(78)45-22-21-44-32-46(35-53(63)71-52(44)34-45)60(81)75(29-7-2)30-8-3/h15-24,32-34,36,40,51,55,60,81H,6-14,25-31,35,37-39H2,1-5H3,(H2,63,71)(H,65,77)(H,67,83)(H,69,79)(H,70,78)(H,72,80)(H,73,76)(H3,64,66,82). The van der Waals surface area contributed by atoms with Crippen LogP contribution in [0.5, 0.6) is 0 Å². The van der Waals surface area contributed by atoms with Gasteiger partial charge in [-0.15, -0.1) is 0 Å². The van der Waals surface area contributed by atoms with E-state index in [2.05, 4.69) is 72.9 Å². The molecule has 3 unspecified atom stereocenters. The Morgan fingerprint density at radius 3 is 2.17 bits per heavy atom. The quantitative estimate of drug-likeness (QED) is 0.0184. The van der Waals surface area contributed by atoms with E-state index in [9.17, 15) is 38.7 Å². The molecule has 0 spiro atoms. The minimum Gasteiger partial charge on any atom is -0.445 e. The second kappa shape index (κ2) is 33.2. The van der Waals surface area contributed by atoms with Crippen LogP contribution in [0.25, 0.3) is 6.08 Å². The minimum absolute atomic E-state index is 0.0691. The van der Waals surface area contributed by atoms with Gasteiger partial charge in [0.25, 0.3) is 11.8 Å². The lowest BCUT2D eigenvalue weighted by atomic mass is 10.0. The lowest BCUT2D eigenvalue weighted by Gasteiger charge is -2.28. The fourth-order valence-electron chi connectivity index (χ4n) is 9.90. The molecule has 2 aliphatic heterocycles. The van der Waals surface area contributed by atoms with Gasteiger partial charge in [0.15, 0.2) is 0 Å². The van der Waals surface area contributed by atoms with Crippen LogP contribution in [0.15, 0.2) is 89.6 Å². The predicted molar refractivity (Wildman–Crippen MR) is 325 cm³/mol. The summed E-state index contributed by atoms with van der Waals surface area (Å²) in [5, 5.41) is 30.6. The van der Waals surface area contributed by atoms with Crippen molar-refractivity contribution in [2.24, 2.45) is 22.4 Å². The molecule has 0 saturated carbocycles. The van der Waals surface area contributed by atoms with Gasteiger partial charge in [0.2, 0.25) is 17.7 Å². The Balaban J connectivity index is 0.910. The summed E-state index contributed by atoms with van der Waals surface area (Å²) in [6.07, 6.45) is 9.52. The van der Waals surface area contributed by atoms with Gasteiger partial charge >= 0.3 is 12.1 Å². The monoisotopic (exact) mass is 1160 g/mol. The first-order valence-corrected chi connectivity index (χ1v) is 29.3. The first-order chi connectivity index (χ1) is 40.4. The number of nitrogens with two attached hydrogens (primary N) is 2. The fourth-order valence-corrected chi connectivity index (χ4v) is 9.90. The van der Waals surface area contributed by atoms with Crippen LogP contribution < -0.4 is 48.7 Å². The summed E-state index contributed by atoms with van der Waals surface area (Å²) in [6.45, 7) is 13.8. The number of amides is 8. The van der Waals surface area contributed by atoms with Gasteiger partial charge in [0, 0.05) is 99.7 Å². The van der Waals surface area contributed by atoms with Gasteiger partial charge in [-0.2, -0.15) is 0 Å². The number of anilines is 2. The van der Waals surface area contributed by atoms with E-state index in [-0.39, 0.29) is 56.3 Å². The average Bonchev–Trinajstić information content (AvgIpc) is 3.45. The number of benzene rings is 3. The number of nitrogens with one attached hydrogen (secondary N) is 7. The van der Waals surface area contributed by atoms with Crippen LogP contribution in [0.3, 0.4) is 0 Å². The number of fused-ring (bicyclic) bond motifs is 2. The molecule has 0 aliphatic carbocycles. The summed E-state index contributed by atoms with van der Waals surface area (Å²) in [7, 11) is 0. The Bertz CT molecular complexity index is 2940. The summed E-state index contributed by atoms with van der Waals surface area (Å²) in [5.41, 5.74) is 19.1. The third-order valence-electron chi connectivity index (χ3n) is 14.4. The van der Waals surface area contributed by atoms with Crippen LogP contribution >= 0.6 is 0 Å². The summed E-state index contributed by atoms with van der Waals surface area (Å²) < 4.78 is 5.37. The van der Waals surface area contributed by atoms with Crippen molar-refractivity contribution in [3.05, 3.63) is 124 Å². The van der Waals surface area contributed by atoms with Crippen LogP contribution in [-0.4, -0.2) is 125 Å². The molecule has 2 aliphatic rings. The topological polar surface area (TPSA) is 317 Å².